The second-order valence-corrected chi connectivity index (χ2v) is 7.18. The van der Waals surface area contributed by atoms with Crippen LogP contribution in [0, 0.1) is 0 Å². The lowest BCUT2D eigenvalue weighted by Gasteiger charge is -2.14. The molecule has 1 N–H and O–H groups in total. The van der Waals surface area contributed by atoms with Crippen LogP contribution in [0.2, 0.25) is 0 Å². The molecule has 0 aliphatic rings. The van der Waals surface area contributed by atoms with E-state index in [4.69, 9.17) is 18.9 Å². The SMILES string of the molecule is COc1cc(CNC(=O)COC(=O)c2ccccc2[S@@](C)=O)cc(OC)c1OC. The van der Waals surface area contributed by atoms with Gasteiger partial charge in [-0.05, 0) is 29.8 Å². The van der Waals surface area contributed by atoms with E-state index >= 15 is 0 Å². The lowest BCUT2D eigenvalue weighted by Crippen LogP contribution is -2.28. The average molecular weight is 421 g/mol. The third-order valence-corrected chi connectivity index (χ3v) is 4.94. The zero-order valence-electron chi connectivity index (χ0n) is 16.6. The van der Waals surface area contributed by atoms with E-state index in [1.54, 1.807) is 30.3 Å². The molecule has 0 aliphatic heterocycles. The number of amides is 1. The van der Waals surface area contributed by atoms with E-state index in [0.29, 0.717) is 27.7 Å². The highest BCUT2D eigenvalue weighted by Crippen LogP contribution is 2.38. The second kappa shape index (κ2) is 10.5. The van der Waals surface area contributed by atoms with Crippen molar-refractivity contribution in [1.29, 1.82) is 0 Å². The fourth-order valence-corrected chi connectivity index (χ4v) is 3.32. The number of rotatable bonds is 9. The molecule has 0 aliphatic carbocycles. The quantitative estimate of drug-likeness (QED) is 0.618. The first-order valence-corrected chi connectivity index (χ1v) is 10.1. The lowest BCUT2D eigenvalue weighted by atomic mass is 10.1. The van der Waals surface area contributed by atoms with Crippen LogP contribution in [0.1, 0.15) is 15.9 Å². The molecule has 0 unspecified atom stereocenters. The van der Waals surface area contributed by atoms with Gasteiger partial charge < -0.3 is 24.3 Å². The number of benzene rings is 2. The molecule has 1 amide bonds. The molecule has 0 radical (unpaired) electrons. The Balaban J connectivity index is 1.97. The first-order valence-electron chi connectivity index (χ1n) is 8.56. The Kier molecular flexibility index (Phi) is 8.02. The maximum absolute atomic E-state index is 12.2. The van der Waals surface area contributed by atoms with Crippen molar-refractivity contribution in [2.75, 3.05) is 34.2 Å². The van der Waals surface area contributed by atoms with E-state index in [2.05, 4.69) is 5.32 Å². The van der Waals surface area contributed by atoms with Crippen molar-refractivity contribution in [3.05, 3.63) is 47.5 Å². The van der Waals surface area contributed by atoms with Gasteiger partial charge in [0.2, 0.25) is 5.75 Å². The van der Waals surface area contributed by atoms with Gasteiger partial charge in [-0.1, -0.05) is 12.1 Å². The fourth-order valence-electron chi connectivity index (χ4n) is 2.58. The predicted molar refractivity (Wildman–Crippen MR) is 107 cm³/mol. The smallest absolute Gasteiger partial charge is 0.339 e. The van der Waals surface area contributed by atoms with E-state index in [1.165, 1.54) is 33.7 Å². The highest BCUT2D eigenvalue weighted by atomic mass is 32.2. The second-order valence-electron chi connectivity index (χ2n) is 5.84. The van der Waals surface area contributed by atoms with Crippen LogP contribution >= 0.6 is 0 Å². The van der Waals surface area contributed by atoms with Gasteiger partial charge in [0.05, 0.1) is 42.6 Å². The molecule has 1 atom stereocenters. The Hall–Kier alpha value is -3.07. The summed E-state index contributed by atoms with van der Waals surface area (Å²) < 4.78 is 32.6. The lowest BCUT2D eigenvalue weighted by molar-refractivity contribution is -0.124. The van der Waals surface area contributed by atoms with Gasteiger partial charge in [-0.15, -0.1) is 0 Å². The van der Waals surface area contributed by atoms with Crippen molar-refractivity contribution in [2.45, 2.75) is 11.4 Å². The van der Waals surface area contributed by atoms with Crippen molar-refractivity contribution in [3.63, 3.8) is 0 Å². The van der Waals surface area contributed by atoms with E-state index < -0.39 is 29.3 Å². The van der Waals surface area contributed by atoms with Crippen LogP contribution in [0.4, 0.5) is 0 Å². The molecular formula is C20H23NO7S. The third kappa shape index (κ3) is 5.71. The summed E-state index contributed by atoms with van der Waals surface area (Å²) >= 11 is 0. The third-order valence-electron chi connectivity index (χ3n) is 3.97. The van der Waals surface area contributed by atoms with Gasteiger partial charge in [-0.2, -0.15) is 0 Å². The van der Waals surface area contributed by atoms with E-state index in [9.17, 15) is 13.8 Å². The topological polar surface area (TPSA) is 100 Å². The van der Waals surface area contributed by atoms with Crippen LogP contribution in [-0.4, -0.2) is 50.3 Å². The maximum atomic E-state index is 12.2. The molecule has 2 rings (SSSR count). The van der Waals surface area contributed by atoms with E-state index in [1.807, 2.05) is 0 Å². The molecule has 2 aromatic carbocycles. The van der Waals surface area contributed by atoms with Gasteiger partial charge in [0.1, 0.15) is 0 Å². The predicted octanol–water partition coefficient (Wildman–Crippen LogP) is 1.92. The monoisotopic (exact) mass is 421 g/mol. The van der Waals surface area contributed by atoms with Crippen molar-refractivity contribution >= 4 is 22.7 Å². The molecule has 0 saturated heterocycles. The fraction of sp³-hybridized carbons (Fsp3) is 0.300. The number of hydrogen-bond donors (Lipinski definition) is 1. The number of hydrogen-bond acceptors (Lipinski definition) is 7. The summed E-state index contributed by atoms with van der Waals surface area (Å²) in [6.45, 7) is -0.295. The molecule has 156 valence electrons. The Labute approximate surface area is 171 Å². The highest BCUT2D eigenvalue weighted by Gasteiger charge is 2.17. The number of carbonyl (C=O) groups is 2. The van der Waals surface area contributed by atoms with Gasteiger partial charge >= 0.3 is 5.97 Å². The zero-order chi connectivity index (χ0) is 21.4. The Morgan fingerprint density at radius 3 is 2.17 bits per heavy atom. The number of carbonyl (C=O) groups excluding carboxylic acids is 2. The normalized spacial score (nSPS) is 11.3. The number of ether oxygens (including phenoxy) is 4. The van der Waals surface area contributed by atoms with Crippen LogP contribution in [0.3, 0.4) is 0 Å². The molecule has 0 saturated carbocycles. The molecule has 0 spiro atoms. The number of nitrogens with one attached hydrogen (secondary N) is 1. The summed E-state index contributed by atoms with van der Waals surface area (Å²) in [5, 5.41) is 2.66. The first kappa shape index (κ1) is 22.2. The van der Waals surface area contributed by atoms with Crippen LogP contribution in [0.25, 0.3) is 0 Å². The van der Waals surface area contributed by atoms with Gasteiger partial charge in [0.25, 0.3) is 5.91 Å². The summed E-state index contributed by atoms with van der Waals surface area (Å²) in [6, 6.07) is 9.82. The molecule has 0 fully saturated rings. The summed E-state index contributed by atoms with van der Waals surface area (Å²) in [7, 11) is 3.15. The molecule has 2 aromatic rings. The van der Waals surface area contributed by atoms with Crippen molar-refractivity contribution in [2.24, 2.45) is 0 Å². The minimum Gasteiger partial charge on any atom is -0.493 e. The summed E-state index contributed by atoms with van der Waals surface area (Å²) in [5.74, 6) is 0.185. The summed E-state index contributed by atoms with van der Waals surface area (Å²) in [4.78, 5) is 24.6. The minimum absolute atomic E-state index is 0.169. The van der Waals surface area contributed by atoms with Crippen LogP contribution in [0.5, 0.6) is 17.2 Å². The van der Waals surface area contributed by atoms with Gasteiger partial charge in [0, 0.05) is 12.8 Å². The van der Waals surface area contributed by atoms with Gasteiger partial charge in [0.15, 0.2) is 18.1 Å². The van der Waals surface area contributed by atoms with Crippen LogP contribution in [-0.2, 0) is 26.9 Å². The summed E-state index contributed by atoms with van der Waals surface area (Å²) in [6.07, 6.45) is 1.47. The van der Waals surface area contributed by atoms with Crippen molar-refractivity contribution in [3.8, 4) is 17.2 Å². The number of esters is 1. The zero-order valence-corrected chi connectivity index (χ0v) is 17.5. The first-order chi connectivity index (χ1) is 13.9. The molecule has 29 heavy (non-hydrogen) atoms. The molecule has 8 nitrogen and oxygen atoms in total. The van der Waals surface area contributed by atoms with Crippen molar-refractivity contribution < 1.29 is 32.7 Å². The molecule has 0 heterocycles. The van der Waals surface area contributed by atoms with Gasteiger partial charge in [-0.25, -0.2) is 4.79 Å². The van der Waals surface area contributed by atoms with Crippen molar-refractivity contribution in [1.82, 2.24) is 5.32 Å². The van der Waals surface area contributed by atoms with Crippen LogP contribution in [0.15, 0.2) is 41.3 Å². The molecule has 0 aromatic heterocycles. The Bertz CT molecular complexity index is 888. The molecule has 9 heteroatoms. The number of methoxy groups -OCH3 is 3. The molecule has 0 bridgehead atoms. The largest absolute Gasteiger partial charge is 0.493 e. The van der Waals surface area contributed by atoms with E-state index in [0.717, 1.165) is 0 Å². The standard InChI is InChI=1S/C20H23NO7S/c1-25-15-9-13(10-16(26-2)19(15)27-3)11-21-18(22)12-28-20(23)14-7-5-6-8-17(14)29(4)24/h5-10H,11-12H2,1-4H3,(H,21,22)/t29-/m1/s1. The highest BCUT2D eigenvalue weighted by molar-refractivity contribution is 7.84. The average Bonchev–Trinajstić information content (AvgIpc) is 2.74. The maximum Gasteiger partial charge on any atom is 0.339 e. The Morgan fingerprint density at radius 2 is 1.62 bits per heavy atom. The summed E-state index contributed by atoms with van der Waals surface area (Å²) in [5.41, 5.74) is 0.886. The van der Waals surface area contributed by atoms with Crippen LogP contribution < -0.4 is 19.5 Å². The van der Waals surface area contributed by atoms with E-state index in [-0.39, 0.29) is 12.1 Å². The Morgan fingerprint density at radius 1 is 1.00 bits per heavy atom. The minimum atomic E-state index is -1.35. The molecular weight excluding hydrogens is 398 g/mol. The van der Waals surface area contributed by atoms with Gasteiger partial charge in [-0.3, -0.25) is 9.00 Å².